The van der Waals surface area contributed by atoms with Crippen molar-refractivity contribution >= 4 is 11.0 Å². The molecule has 0 spiro atoms. The molecule has 0 atom stereocenters. The van der Waals surface area contributed by atoms with Crippen molar-refractivity contribution in [2.24, 2.45) is 0 Å². The molecule has 7 nitrogen and oxygen atoms in total. The highest BCUT2D eigenvalue weighted by atomic mass is 16.1. The predicted molar refractivity (Wildman–Crippen MR) is 104 cm³/mol. The highest BCUT2D eigenvalue weighted by Crippen LogP contribution is 2.37. The van der Waals surface area contributed by atoms with Crippen molar-refractivity contribution in [1.29, 1.82) is 0 Å². The number of H-pyrrole nitrogens is 1. The van der Waals surface area contributed by atoms with Crippen molar-refractivity contribution in [3.05, 3.63) is 45.1 Å². The second-order valence-electron chi connectivity index (χ2n) is 7.43. The van der Waals surface area contributed by atoms with Gasteiger partial charge in [0.1, 0.15) is 5.65 Å². The molecular weight excluding hydrogens is 340 g/mol. The van der Waals surface area contributed by atoms with Crippen LogP contribution in [0.3, 0.4) is 0 Å². The summed E-state index contributed by atoms with van der Waals surface area (Å²) in [6.07, 6.45) is 7.28. The molecule has 1 aliphatic carbocycles. The molecule has 3 aromatic rings. The number of hydrogen-bond donors (Lipinski definition) is 1. The Labute approximate surface area is 158 Å². The first-order valence-electron chi connectivity index (χ1n) is 9.94. The molecule has 3 heterocycles. The topological polar surface area (TPSA) is 89.4 Å². The molecule has 27 heavy (non-hydrogen) atoms. The van der Waals surface area contributed by atoms with Gasteiger partial charge in [-0.15, -0.1) is 10.2 Å². The van der Waals surface area contributed by atoms with Gasteiger partial charge < -0.3 is 0 Å². The Morgan fingerprint density at radius 2 is 2.00 bits per heavy atom. The van der Waals surface area contributed by atoms with Gasteiger partial charge in [-0.25, -0.2) is 4.98 Å². The van der Waals surface area contributed by atoms with Crippen molar-refractivity contribution in [2.45, 2.75) is 71.3 Å². The minimum atomic E-state index is 0.0900. The molecule has 7 heteroatoms. The molecule has 4 rings (SSSR count). The van der Waals surface area contributed by atoms with Crippen LogP contribution < -0.4 is 5.56 Å². The van der Waals surface area contributed by atoms with Crippen LogP contribution in [0.25, 0.3) is 11.0 Å². The van der Waals surface area contributed by atoms with E-state index in [1.165, 1.54) is 24.8 Å². The summed E-state index contributed by atoms with van der Waals surface area (Å²) in [6, 6.07) is 4.22. The number of rotatable bonds is 5. The van der Waals surface area contributed by atoms with Gasteiger partial charge in [-0.1, -0.05) is 24.5 Å². The van der Waals surface area contributed by atoms with E-state index in [1.807, 2.05) is 18.4 Å². The van der Waals surface area contributed by atoms with Crippen LogP contribution in [-0.2, 0) is 19.4 Å². The summed E-state index contributed by atoms with van der Waals surface area (Å²) >= 11 is 0. The van der Waals surface area contributed by atoms with Crippen LogP contribution in [0.1, 0.15) is 67.6 Å². The quantitative estimate of drug-likeness (QED) is 0.749. The van der Waals surface area contributed by atoms with Gasteiger partial charge in [-0.05, 0) is 56.7 Å². The summed E-state index contributed by atoms with van der Waals surface area (Å²) in [5.74, 6) is 1.08. The Bertz CT molecular complexity index is 986. The third kappa shape index (κ3) is 3.38. The van der Waals surface area contributed by atoms with Gasteiger partial charge in [0.05, 0.1) is 0 Å². The Balaban J connectivity index is 1.90. The largest absolute Gasteiger partial charge is 0.293 e. The van der Waals surface area contributed by atoms with E-state index in [4.69, 9.17) is 4.98 Å². The molecule has 1 N–H and O–H groups in total. The number of pyridine rings is 2. The van der Waals surface area contributed by atoms with Gasteiger partial charge in [0.25, 0.3) is 5.56 Å². The third-order valence-corrected chi connectivity index (χ3v) is 5.71. The molecule has 0 amide bonds. The maximum Gasteiger partial charge on any atom is 0.255 e. The number of aromatic amines is 1. The Kier molecular flexibility index (Phi) is 5.01. The van der Waals surface area contributed by atoms with Gasteiger partial charge >= 0.3 is 0 Å². The van der Waals surface area contributed by atoms with Crippen LogP contribution in [0.15, 0.2) is 16.9 Å². The molecule has 1 aliphatic rings. The predicted octanol–water partition coefficient (Wildman–Crippen LogP) is 3.07. The normalized spacial score (nSPS) is 15.5. The molecule has 0 unspecified atom stereocenters. The summed E-state index contributed by atoms with van der Waals surface area (Å²) in [7, 11) is 0. The zero-order valence-electron chi connectivity index (χ0n) is 16.0. The molecule has 142 valence electrons. The van der Waals surface area contributed by atoms with Crippen molar-refractivity contribution < 1.29 is 0 Å². The van der Waals surface area contributed by atoms with E-state index >= 15 is 0 Å². The first-order chi connectivity index (χ1) is 13.2. The molecular formula is C20H26N6O. The van der Waals surface area contributed by atoms with E-state index in [-0.39, 0.29) is 5.56 Å². The Morgan fingerprint density at radius 3 is 2.70 bits per heavy atom. The number of hydrogen-bond acceptors (Lipinski definition) is 5. The van der Waals surface area contributed by atoms with E-state index in [9.17, 15) is 4.79 Å². The van der Waals surface area contributed by atoms with Crippen LogP contribution in [-0.4, -0.2) is 30.2 Å². The lowest BCUT2D eigenvalue weighted by molar-refractivity contribution is 0.442. The summed E-state index contributed by atoms with van der Waals surface area (Å²) in [5.41, 5.74) is 3.99. The van der Waals surface area contributed by atoms with Gasteiger partial charge in [0.15, 0.2) is 5.82 Å². The average Bonchev–Trinajstić information content (AvgIpc) is 3.20. The fourth-order valence-corrected chi connectivity index (χ4v) is 4.41. The van der Waals surface area contributed by atoms with E-state index < -0.39 is 0 Å². The molecule has 1 saturated carbocycles. The fourth-order valence-electron chi connectivity index (χ4n) is 4.41. The maximum atomic E-state index is 13.4. The van der Waals surface area contributed by atoms with Crippen LogP contribution in [0.4, 0.5) is 0 Å². The van der Waals surface area contributed by atoms with Crippen LogP contribution in [0.5, 0.6) is 0 Å². The first kappa shape index (κ1) is 17.8. The van der Waals surface area contributed by atoms with Crippen LogP contribution in [0, 0.1) is 6.92 Å². The maximum absolute atomic E-state index is 13.4. The van der Waals surface area contributed by atoms with Gasteiger partial charge in [0.2, 0.25) is 0 Å². The lowest BCUT2D eigenvalue weighted by Gasteiger charge is -2.26. The second kappa shape index (κ2) is 7.58. The highest BCUT2D eigenvalue weighted by molar-refractivity contribution is 5.81. The molecule has 0 aromatic carbocycles. The molecule has 0 aliphatic heterocycles. The third-order valence-electron chi connectivity index (χ3n) is 5.71. The number of fused-ring (bicyclic) bond motifs is 1. The standard InChI is InChI=1S/C20H26N6O/c1-3-26-19-15(10-9-13(2)21-19)18(14-7-5-4-6-8-14)16(20(26)27)11-12-17-22-24-25-23-17/h9-10,14H,3-8,11-12H2,1-2H3,(H,22,23,24,25). The molecule has 0 bridgehead atoms. The summed E-state index contributed by atoms with van der Waals surface area (Å²) in [4.78, 5) is 18.1. The zero-order chi connectivity index (χ0) is 18.8. The lowest BCUT2D eigenvalue weighted by atomic mass is 9.80. The number of nitrogens with one attached hydrogen (secondary N) is 1. The minimum Gasteiger partial charge on any atom is -0.293 e. The van der Waals surface area contributed by atoms with Crippen molar-refractivity contribution in [3.8, 4) is 0 Å². The molecule has 0 radical (unpaired) electrons. The molecule has 1 fully saturated rings. The van der Waals surface area contributed by atoms with Gasteiger partial charge in [-0.2, -0.15) is 5.21 Å². The SMILES string of the molecule is CCn1c(=O)c(CCc2nn[nH]n2)c(C2CCCCC2)c2ccc(C)nc21. The second-order valence-corrected chi connectivity index (χ2v) is 7.43. The summed E-state index contributed by atoms with van der Waals surface area (Å²) in [6.45, 7) is 4.61. The van der Waals surface area contributed by atoms with Crippen molar-refractivity contribution in [1.82, 2.24) is 30.2 Å². The number of aromatic nitrogens is 6. The average molecular weight is 366 g/mol. The van der Waals surface area contributed by atoms with Gasteiger partial charge in [-0.3, -0.25) is 9.36 Å². The lowest BCUT2D eigenvalue weighted by Crippen LogP contribution is -2.28. The number of aryl methyl sites for hydroxylation is 3. The van der Waals surface area contributed by atoms with Crippen LogP contribution in [0.2, 0.25) is 0 Å². The zero-order valence-corrected chi connectivity index (χ0v) is 16.0. The minimum absolute atomic E-state index is 0.0900. The smallest absolute Gasteiger partial charge is 0.255 e. The van der Waals surface area contributed by atoms with E-state index in [2.05, 4.69) is 32.8 Å². The number of nitrogens with zero attached hydrogens (tertiary/aromatic N) is 5. The fraction of sp³-hybridized carbons (Fsp3) is 0.550. The monoisotopic (exact) mass is 366 g/mol. The van der Waals surface area contributed by atoms with Gasteiger partial charge in [0, 0.05) is 29.6 Å². The van der Waals surface area contributed by atoms with E-state index in [0.29, 0.717) is 31.1 Å². The van der Waals surface area contributed by atoms with E-state index in [1.54, 1.807) is 0 Å². The summed E-state index contributed by atoms with van der Waals surface area (Å²) in [5, 5.41) is 15.4. The molecule has 0 saturated heterocycles. The van der Waals surface area contributed by atoms with E-state index in [0.717, 1.165) is 35.1 Å². The highest BCUT2D eigenvalue weighted by Gasteiger charge is 2.25. The Hall–Kier alpha value is -2.57. The first-order valence-corrected chi connectivity index (χ1v) is 9.94. The molecule has 3 aromatic heterocycles. The van der Waals surface area contributed by atoms with Crippen molar-refractivity contribution in [3.63, 3.8) is 0 Å². The van der Waals surface area contributed by atoms with Crippen molar-refractivity contribution in [2.75, 3.05) is 0 Å². The summed E-state index contributed by atoms with van der Waals surface area (Å²) < 4.78 is 1.82. The Morgan fingerprint density at radius 1 is 1.19 bits per heavy atom. The van der Waals surface area contributed by atoms with Crippen LogP contribution >= 0.6 is 0 Å². The number of tetrazole rings is 1.